The molecule has 1 atom stereocenters. The maximum Gasteiger partial charge on any atom is 0.147 e. The molecule has 2 heterocycles. The van der Waals surface area contributed by atoms with Gasteiger partial charge in [0, 0.05) is 18.8 Å². The van der Waals surface area contributed by atoms with Crippen molar-refractivity contribution in [2.45, 2.75) is 25.0 Å². The molecule has 0 radical (unpaired) electrons. The lowest BCUT2D eigenvalue weighted by Gasteiger charge is -2.27. The zero-order valence-electron chi connectivity index (χ0n) is 14.4. The molecule has 0 amide bonds. The topological polar surface area (TPSA) is 69.2 Å². The second-order valence-electron chi connectivity index (χ2n) is 6.62. The van der Waals surface area contributed by atoms with Crippen molar-refractivity contribution in [2.75, 3.05) is 18.0 Å². The van der Waals surface area contributed by atoms with Crippen LogP contribution >= 0.6 is 0 Å². The number of piperidine rings is 1. The van der Waals surface area contributed by atoms with Crippen LogP contribution in [0.3, 0.4) is 0 Å². The van der Waals surface area contributed by atoms with Crippen LogP contribution in [0.25, 0.3) is 22.2 Å². The lowest BCUT2D eigenvalue weighted by Crippen LogP contribution is -2.30. The van der Waals surface area contributed by atoms with Gasteiger partial charge in [-0.2, -0.15) is 0 Å². The fraction of sp³-hybridized carbons (Fsp3) is 0.300. The number of hydrogen-bond acceptors (Lipinski definition) is 5. The van der Waals surface area contributed by atoms with Crippen molar-refractivity contribution in [3.05, 3.63) is 54.2 Å². The molecule has 1 aromatic heterocycles. The van der Waals surface area contributed by atoms with E-state index in [9.17, 15) is 8.76 Å². The highest BCUT2D eigenvalue weighted by Gasteiger charge is 2.13. The van der Waals surface area contributed by atoms with Gasteiger partial charge in [0.15, 0.2) is 0 Å². The Morgan fingerprint density at radius 3 is 2.42 bits per heavy atom. The third kappa shape index (κ3) is 3.76. The first kappa shape index (κ1) is 17.1. The van der Waals surface area contributed by atoms with Gasteiger partial charge in [-0.05, 0) is 48.1 Å². The van der Waals surface area contributed by atoms with Crippen molar-refractivity contribution >= 4 is 27.9 Å². The lowest BCUT2D eigenvalue weighted by atomic mass is 10.0. The van der Waals surface area contributed by atoms with Crippen LogP contribution in [0.2, 0.25) is 0 Å². The highest BCUT2D eigenvalue weighted by atomic mass is 32.2. The molecule has 1 aliphatic heterocycles. The summed E-state index contributed by atoms with van der Waals surface area (Å²) in [6.07, 6.45) is 5.57. The first-order valence-corrected chi connectivity index (χ1v) is 10.1. The second-order valence-corrected chi connectivity index (χ2v) is 7.52. The zero-order valence-corrected chi connectivity index (χ0v) is 15.2. The lowest BCUT2D eigenvalue weighted by molar-refractivity contribution is 0.536. The molecule has 2 aromatic carbocycles. The van der Waals surface area contributed by atoms with Gasteiger partial charge in [-0.25, -0.2) is 4.98 Å². The van der Waals surface area contributed by atoms with E-state index in [0.717, 1.165) is 46.6 Å². The molecule has 0 spiro atoms. The van der Waals surface area contributed by atoms with E-state index in [1.165, 1.54) is 19.3 Å². The molecule has 4 rings (SSSR count). The minimum absolute atomic E-state index is 0.0443. The molecule has 5 nitrogen and oxygen atoms in total. The van der Waals surface area contributed by atoms with E-state index in [0.29, 0.717) is 0 Å². The van der Waals surface area contributed by atoms with E-state index in [4.69, 9.17) is 4.98 Å². The Kier molecular flexibility index (Phi) is 4.95. The van der Waals surface area contributed by atoms with Crippen molar-refractivity contribution in [1.29, 1.82) is 0 Å². The average molecular weight is 366 g/mol. The summed E-state index contributed by atoms with van der Waals surface area (Å²) < 4.78 is 21.6. The van der Waals surface area contributed by atoms with Crippen molar-refractivity contribution in [3.63, 3.8) is 0 Å². The molecular formula is C20H20N3O2S-. The van der Waals surface area contributed by atoms with Gasteiger partial charge in [0.05, 0.1) is 17.2 Å². The van der Waals surface area contributed by atoms with Crippen LogP contribution in [0.15, 0.2) is 48.7 Å². The normalized spacial score (nSPS) is 16.0. The molecule has 0 saturated carbocycles. The van der Waals surface area contributed by atoms with Gasteiger partial charge in [0.1, 0.15) is 5.82 Å². The van der Waals surface area contributed by atoms with Crippen molar-refractivity contribution in [2.24, 2.45) is 0 Å². The number of nitrogens with zero attached hydrogens (tertiary/aromatic N) is 3. The Morgan fingerprint density at radius 1 is 0.962 bits per heavy atom. The van der Waals surface area contributed by atoms with E-state index < -0.39 is 11.1 Å². The summed E-state index contributed by atoms with van der Waals surface area (Å²) in [4.78, 5) is 11.7. The van der Waals surface area contributed by atoms with E-state index in [1.54, 1.807) is 0 Å². The zero-order chi connectivity index (χ0) is 17.9. The Balaban J connectivity index is 1.64. The van der Waals surface area contributed by atoms with Crippen LogP contribution < -0.4 is 4.90 Å². The minimum Gasteiger partial charge on any atom is -0.772 e. The van der Waals surface area contributed by atoms with E-state index in [2.05, 4.69) is 16.0 Å². The third-order valence-corrected chi connectivity index (χ3v) is 5.35. The number of aromatic nitrogens is 2. The van der Waals surface area contributed by atoms with Gasteiger partial charge >= 0.3 is 0 Å². The molecule has 134 valence electrons. The number of rotatable bonds is 4. The van der Waals surface area contributed by atoms with E-state index in [1.807, 2.05) is 42.6 Å². The molecule has 1 saturated heterocycles. The number of benzene rings is 2. The first-order valence-electron chi connectivity index (χ1n) is 8.86. The van der Waals surface area contributed by atoms with Gasteiger partial charge in [-0.1, -0.05) is 41.4 Å². The molecule has 1 unspecified atom stereocenters. The average Bonchev–Trinajstić information content (AvgIpc) is 2.68. The summed E-state index contributed by atoms with van der Waals surface area (Å²) in [6, 6.07) is 13.7. The molecule has 26 heavy (non-hydrogen) atoms. The number of hydrogen-bond donors (Lipinski definition) is 0. The van der Waals surface area contributed by atoms with Crippen LogP contribution in [-0.2, 0) is 16.8 Å². The van der Waals surface area contributed by atoms with Crippen molar-refractivity contribution in [1.82, 2.24) is 9.97 Å². The highest BCUT2D eigenvalue weighted by molar-refractivity contribution is 7.78. The third-order valence-electron chi connectivity index (χ3n) is 4.78. The standard InChI is InChI=1S/C20H21N3O2S/c24-26(25)14-15-4-6-16(7-5-15)17-8-9-18-19(12-17)22-20(13-21-18)23-10-2-1-3-11-23/h4-9,12-13H,1-3,10-11,14H2,(H,24,25)/p-1. The molecule has 0 aliphatic carbocycles. The second kappa shape index (κ2) is 7.51. The summed E-state index contributed by atoms with van der Waals surface area (Å²) in [5, 5.41) is 0. The van der Waals surface area contributed by atoms with Gasteiger partial charge in [-0.15, -0.1) is 0 Å². The molecular weight excluding hydrogens is 346 g/mol. The van der Waals surface area contributed by atoms with Crippen LogP contribution in [0.4, 0.5) is 5.82 Å². The quantitative estimate of drug-likeness (QED) is 0.659. The first-order chi connectivity index (χ1) is 12.7. The van der Waals surface area contributed by atoms with Gasteiger partial charge in [0.2, 0.25) is 0 Å². The summed E-state index contributed by atoms with van der Waals surface area (Å²) >= 11 is -2.06. The Labute approximate surface area is 155 Å². The number of anilines is 1. The van der Waals surface area contributed by atoms with Crippen LogP contribution in [-0.4, -0.2) is 31.8 Å². The summed E-state index contributed by atoms with van der Waals surface area (Å²) in [6.45, 7) is 2.09. The van der Waals surface area contributed by atoms with Crippen LogP contribution in [0.5, 0.6) is 0 Å². The van der Waals surface area contributed by atoms with E-state index >= 15 is 0 Å². The molecule has 1 fully saturated rings. The SMILES string of the molecule is O=S([O-])Cc1ccc(-c2ccc3ncc(N4CCCCC4)nc3c2)cc1. The molecule has 1 aliphatic rings. The summed E-state index contributed by atoms with van der Waals surface area (Å²) in [5.74, 6) is 0.991. The Hall–Kier alpha value is -2.31. The predicted octanol–water partition coefficient (Wildman–Crippen LogP) is 3.67. The summed E-state index contributed by atoms with van der Waals surface area (Å²) in [7, 11) is 0. The predicted molar refractivity (Wildman–Crippen MR) is 104 cm³/mol. The molecule has 6 heteroatoms. The van der Waals surface area contributed by atoms with Crippen LogP contribution in [0.1, 0.15) is 24.8 Å². The fourth-order valence-corrected chi connectivity index (χ4v) is 3.85. The molecule has 0 bridgehead atoms. The fourth-order valence-electron chi connectivity index (χ4n) is 3.39. The molecule has 0 N–H and O–H groups in total. The van der Waals surface area contributed by atoms with Crippen LogP contribution in [0, 0.1) is 0 Å². The largest absolute Gasteiger partial charge is 0.772 e. The Morgan fingerprint density at radius 2 is 1.69 bits per heavy atom. The maximum atomic E-state index is 10.8. The summed E-state index contributed by atoms with van der Waals surface area (Å²) in [5.41, 5.74) is 4.65. The van der Waals surface area contributed by atoms with Gasteiger partial charge in [0.25, 0.3) is 0 Å². The minimum atomic E-state index is -2.06. The number of fused-ring (bicyclic) bond motifs is 1. The van der Waals surface area contributed by atoms with Gasteiger partial charge < -0.3 is 9.45 Å². The monoisotopic (exact) mass is 366 g/mol. The van der Waals surface area contributed by atoms with Crippen molar-refractivity contribution in [3.8, 4) is 11.1 Å². The van der Waals surface area contributed by atoms with E-state index in [-0.39, 0.29) is 5.75 Å². The smallest absolute Gasteiger partial charge is 0.147 e. The molecule has 3 aromatic rings. The highest BCUT2D eigenvalue weighted by Crippen LogP contribution is 2.25. The van der Waals surface area contributed by atoms with Crippen molar-refractivity contribution < 1.29 is 8.76 Å². The maximum absolute atomic E-state index is 10.8. The van der Waals surface area contributed by atoms with Gasteiger partial charge in [-0.3, -0.25) is 9.19 Å². The Bertz CT molecular complexity index is 937.